The molecule has 0 unspecified atom stereocenters. The second-order valence-corrected chi connectivity index (χ2v) is 7.68. The summed E-state index contributed by atoms with van der Waals surface area (Å²) in [5, 5.41) is 3.02. The van der Waals surface area contributed by atoms with E-state index in [0.717, 1.165) is 49.9 Å². The molecular weight excluding hydrogens is 370 g/mol. The quantitative estimate of drug-likeness (QED) is 0.626. The molecule has 2 heterocycles. The highest BCUT2D eigenvalue weighted by atomic mass is 16.7. The van der Waals surface area contributed by atoms with Crippen LogP contribution in [0.25, 0.3) is 0 Å². The number of hydrogen-bond donors (Lipinski definition) is 3. The van der Waals surface area contributed by atoms with Crippen molar-refractivity contribution in [2.24, 2.45) is 0 Å². The molecule has 0 saturated carbocycles. The zero-order valence-corrected chi connectivity index (χ0v) is 17.0. The first-order valence-corrected chi connectivity index (χ1v) is 10.1. The number of amides is 1. The monoisotopic (exact) mass is 399 g/mol. The van der Waals surface area contributed by atoms with Gasteiger partial charge in [-0.2, -0.15) is 0 Å². The number of nitrogens with one attached hydrogen (secondary N) is 3. The average Bonchev–Trinajstić information content (AvgIpc) is 3.22. The van der Waals surface area contributed by atoms with Gasteiger partial charge in [0.1, 0.15) is 38.5 Å². The molecule has 1 fully saturated rings. The second-order valence-electron chi connectivity index (χ2n) is 7.68. The minimum atomic E-state index is -0.105. The van der Waals surface area contributed by atoms with Crippen molar-refractivity contribution in [3.63, 3.8) is 0 Å². The van der Waals surface area contributed by atoms with Crippen molar-refractivity contribution in [1.82, 2.24) is 0 Å². The topological polar surface area (TPSA) is 65.7 Å². The van der Waals surface area contributed by atoms with Crippen molar-refractivity contribution in [2.75, 3.05) is 45.4 Å². The highest BCUT2D eigenvalue weighted by Gasteiger charge is 2.31. The van der Waals surface area contributed by atoms with Crippen LogP contribution in [0.1, 0.15) is 12.5 Å². The number of quaternary nitrogens is 2. The van der Waals surface area contributed by atoms with E-state index in [2.05, 4.69) is 17.4 Å². The van der Waals surface area contributed by atoms with E-state index in [-0.39, 0.29) is 11.9 Å². The molecule has 2 aromatic carbocycles. The number of piperazine rings is 1. The minimum absolute atomic E-state index is 0.0312. The summed E-state index contributed by atoms with van der Waals surface area (Å²) in [7, 11) is 1.61. The van der Waals surface area contributed by atoms with Gasteiger partial charge in [-0.3, -0.25) is 4.79 Å². The van der Waals surface area contributed by atoms with E-state index < -0.39 is 0 Å². The molecule has 1 amide bonds. The number of fused-ring (bicyclic) bond motifs is 1. The van der Waals surface area contributed by atoms with Crippen molar-refractivity contribution in [3.05, 3.63) is 48.0 Å². The van der Waals surface area contributed by atoms with Gasteiger partial charge in [0.25, 0.3) is 5.91 Å². The molecular formula is C22H29N3O4+2. The van der Waals surface area contributed by atoms with E-state index in [1.54, 1.807) is 7.11 Å². The lowest BCUT2D eigenvalue weighted by Gasteiger charge is -2.32. The molecule has 29 heavy (non-hydrogen) atoms. The third kappa shape index (κ3) is 4.46. The van der Waals surface area contributed by atoms with E-state index in [1.807, 2.05) is 37.3 Å². The van der Waals surface area contributed by atoms with Crippen LogP contribution in [-0.2, 0) is 11.3 Å². The zero-order valence-electron chi connectivity index (χ0n) is 17.0. The molecule has 2 aromatic rings. The summed E-state index contributed by atoms with van der Waals surface area (Å²) >= 11 is 0. The van der Waals surface area contributed by atoms with Crippen LogP contribution in [0.4, 0.5) is 5.69 Å². The third-order valence-corrected chi connectivity index (χ3v) is 5.86. The fourth-order valence-corrected chi connectivity index (χ4v) is 4.05. The normalized spacial score (nSPS) is 21.4. The predicted molar refractivity (Wildman–Crippen MR) is 109 cm³/mol. The standard InChI is InChI=1S/C22H27N3O4/c1-16(22(26)23-18-5-3-4-6-19(18)27-2)25-11-9-24(10-12-25)14-17-7-8-20-21(13-17)29-15-28-20/h3-8,13,16H,9-12,14-15H2,1-2H3,(H,23,26)/p+2/t16-/m1/s1. The van der Waals surface area contributed by atoms with Gasteiger partial charge in [-0.1, -0.05) is 12.1 Å². The average molecular weight is 399 g/mol. The third-order valence-electron chi connectivity index (χ3n) is 5.86. The Morgan fingerprint density at radius 2 is 1.86 bits per heavy atom. The molecule has 0 aromatic heterocycles. The summed E-state index contributed by atoms with van der Waals surface area (Å²) in [6.07, 6.45) is 0. The molecule has 0 spiro atoms. The van der Waals surface area contributed by atoms with E-state index >= 15 is 0 Å². The van der Waals surface area contributed by atoms with Gasteiger partial charge < -0.3 is 29.3 Å². The molecule has 7 heteroatoms. The number of carbonyl (C=O) groups excluding carboxylic acids is 1. The van der Waals surface area contributed by atoms with Gasteiger partial charge in [-0.15, -0.1) is 0 Å². The molecule has 2 aliphatic heterocycles. The molecule has 1 saturated heterocycles. The number of methoxy groups -OCH3 is 1. The predicted octanol–water partition coefficient (Wildman–Crippen LogP) is -0.265. The summed E-state index contributed by atoms with van der Waals surface area (Å²) in [6, 6.07) is 13.6. The van der Waals surface area contributed by atoms with E-state index in [0.29, 0.717) is 12.5 Å². The first kappa shape index (κ1) is 19.5. The largest absolute Gasteiger partial charge is 0.495 e. The molecule has 4 rings (SSSR count). The maximum atomic E-state index is 12.7. The van der Waals surface area contributed by atoms with Crippen LogP contribution in [0, 0.1) is 0 Å². The molecule has 3 N–H and O–H groups in total. The Morgan fingerprint density at radius 3 is 2.66 bits per heavy atom. The van der Waals surface area contributed by atoms with Crippen LogP contribution >= 0.6 is 0 Å². The Labute approximate surface area is 171 Å². The fourth-order valence-electron chi connectivity index (χ4n) is 4.05. The molecule has 154 valence electrons. The maximum absolute atomic E-state index is 12.7. The number of para-hydroxylation sites is 2. The Balaban J connectivity index is 1.29. The molecule has 2 aliphatic rings. The van der Waals surface area contributed by atoms with Gasteiger partial charge in [-0.05, 0) is 37.3 Å². The summed E-state index contributed by atoms with van der Waals surface area (Å²) in [6.45, 7) is 7.30. The van der Waals surface area contributed by atoms with Crippen LogP contribution in [0.5, 0.6) is 17.2 Å². The van der Waals surface area contributed by atoms with E-state index in [1.165, 1.54) is 15.4 Å². The highest BCUT2D eigenvalue weighted by Crippen LogP contribution is 2.32. The molecule has 7 nitrogen and oxygen atoms in total. The van der Waals surface area contributed by atoms with Crippen molar-refractivity contribution in [1.29, 1.82) is 0 Å². The van der Waals surface area contributed by atoms with Crippen LogP contribution in [0.15, 0.2) is 42.5 Å². The van der Waals surface area contributed by atoms with E-state index in [4.69, 9.17) is 14.2 Å². The van der Waals surface area contributed by atoms with Gasteiger partial charge in [0.15, 0.2) is 17.5 Å². The fraction of sp³-hybridized carbons (Fsp3) is 0.409. The van der Waals surface area contributed by atoms with Gasteiger partial charge in [0.2, 0.25) is 6.79 Å². The lowest BCUT2D eigenvalue weighted by Crippen LogP contribution is -3.29. The molecule has 0 bridgehead atoms. The summed E-state index contributed by atoms with van der Waals surface area (Å²) < 4.78 is 16.2. The van der Waals surface area contributed by atoms with Crippen LogP contribution < -0.4 is 29.3 Å². The summed E-state index contributed by atoms with van der Waals surface area (Å²) in [4.78, 5) is 15.6. The minimum Gasteiger partial charge on any atom is -0.495 e. The zero-order chi connectivity index (χ0) is 20.2. The number of benzene rings is 2. The van der Waals surface area contributed by atoms with Crippen molar-refractivity contribution in [3.8, 4) is 17.2 Å². The van der Waals surface area contributed by atoms with Crippen LogP contribution in [-0.4, -0.2) is 52.0 Å². The van der Waals surface area contributed by atoms with Gasteiger partial charge in [0.05, 0.1) is 12.8 Å². The first-order chi connectivity index (χ1) is 14.1. The molecule has 0 aliphatic carbocycles. The Kier molecular flexibility index (Phi) is 5.87. The van der Waals surface area contributed by atoms with Gasteiger partial charge in [-0.25, -0.2) is 0 Å². The van der Waals surface area contributed by atoms with Gasteiger partial charge in [0, 0.05) is 5.56 Å². The lowest BCUT2D eigenvalue weighted by molar-refractivity contribution is -1.02. The van der Waals surface area contributed by atoms with Crippen LogP contribution in [0.3, 0.4) is 0 Å². The molecule has 1 atom stereocenters. The number of hydrogen-bond acceptors (Lipinski definition) is 4. The Hall–Kier alpha value is -2.77. The smallest absolute Gasteiger partial charge is 0.282 e. The molecule has 0 radical (unpaired) electrons. The Bertz CT molecular complexity index is 865. The van der Waals surface area contributed by atoms with Crippen molar-refractivity contribution < 1.29 is 28.8 Å². The lowest BCUT2D eigenvalue weighted by atomic mass is 10.1. The highest BCUT2D eigenvalue weighted by molar-refractivity contribution is 5.94. The number of carbonyl (C=O) groups is 1. The number of ether oxygens (including phenoxy) is 3. The first-order valence-electron chi connectivity index (χ1n) is 10.1. The Morgan fingerprint density at radius 1 is 1.10 bits per heavy atom. The number of anilines is 1. The summed E-state index contributed by atoms with van der Waals surface area (Å²) in [5.74, 6) is 2.38. The maximum Gasteiger partial charge on any atom is 0.282 e. The number of rotatable bonds is 6. The van der Waals surface area contributed by atoms with Crippen molar-refractivity contribution >= 4 is 11.6 Å². The van der Waals surface area contributed by atoms with Crippen LogP contribution in [0.2, 0.25) is 0 Å². The van der Waals surface area contributed by atoms with Crippen molar-refractivity contribution in [2.45, 2.75) is 19.5 Å². The SMILES string of the molecule is COc1ccccc1NC(=O)[C@@H](C)[NH+]1CC[NH+](Cc2ccc3c(c2)OCO3)CC1. The summed E-state index contributed by atoms with van der Waals surface area (Å²) in [5.41, 5.74) is 1.98. The van der Waals surface area contributed by atoms with Gasteiger partial charge >= 0.3 is 0 Å². The second kappa shape index (κ2) is 8.71. The van der Waals surface area contributed by atoms with E-state index in [9.17, 15) is 4.79 Å².